The number of carbonyl (C=O) groups excluding carboxylic acids is 2. The maximum absolute atomic E-state index is 11.9. The summed E-state index contributed by atoms with van der Waals surface area (Å²) in [6.07, 6.45) is 0. The van der Waals surface area contributed by atoms with Crippen molar-refractivity contribution >= 4 is 40.8 Å². The van der Waals surface area contributed by atoms with Crippen molar-refractivity contribution < 1.29 is 19.1 Å². The molecule has 27 heavy (non-hydrogen) atoms. The van der Waals surface area contributed by atoms with Gasteiger partial charge in [-0.2, -0.15) is 0 Å². The van der Waals surface area contributed by atoms with Crippen LogP contribution in [0.1, 0.15) is 30.9 Å². The summed E-state index contributed by atoms with van der Waals surface area (Å²) in [7, 11) is 0. The average molecular weight is 410 g/mol. The van der Waals surface area contributed by atoms with Crippen LogP contribution in [0.15, 0.2) is 36.4 Å². The van der Waals surface area contributed by atoms with E-state index in [1.807, 2.05) is 39.0 Å². The van der Waals surface area contributed by atoms with Gasteiger partial charge in [-0.3, -0.25) is 4.79 Å². The highest BCUT2D eigenvalue weighted by Gasteiger charge is 2.13. The number of hydrogen-bond acceptors (Lipinski definition) is 4. The van der Waals surface area contributed by atoms with Crippen LogP contribution in [-0.4, -0.2) is 25.1 Å². The summed E-state index contributed by atoms with van der Waals surface area (Å²) in [5.41, 5.74) is 2.42. The number of aryl methyl sites for hydroxylation is 1. The Kier molecular flexibility index (Phi) is 7.51. The predicted molar refractivity (Wildman–Crippen MR) is 107 cm³/mol. The van der Waals surface area contributed by atoms with E-state index in [-0.39, 0.29) is 12.5 Å². The molecular weight excluding hydrogens is 389 g/mol. The molecule has 0 aliphatic carbocycles. The van der Waals surface area contributed by atoms with Crippen molar-refractivity contribution in [3.63, 3.8) is 0 Å². The number of halogens is 2. The molecule has 0 aromatic heterocycles. The van der Waals surface area contributed by atoms with Gasteiger partial charge < -0.3 is 14.8 Å². The molecule has 0 heterocycles. The van der Waals surface area contributed by atoms with Crippen LogP contribution in [0, 0.1) is 6.92 Å². The van der Waals surface area contributed by atoms with E-state index in [0.29, 0.717) is 21.5 Å². The zero-order chi connectivity index (χ0) is 20.0. The number of hydrogen-bond donors (Lipinski definition) is 1. The molecule has 2 rings (SSSR count). The third-order valence-corrected chi connectivity index (χ3v) is 4.25. The second kappa shape index (κ2) is 9.62. The highest BCUT2D eigenvalue weighted by atomic mass is 35.5. The summed E-state index contributed by atoms with van der Waals surface area (Å²) in [6, 6.07) is 10.5. The van der Waals surface area contributed by atoms with Crippen molar-refractivity contribution in [2.24, 2.45) is 0 Å². The maximum atomic E-state index is 11.9. The van der Waals surface area contributed by atoms with E-state index in [1.54, 1.807) is 12.1 Å². The standard InChI is InChI=1S/C20H21Cl2NO4/c1-12(2)15-6-4-13(3)8-18(15)26-11-20(25)27-10-19(24)23-17-7-5-14(21)9-16(17)22/h4-9,12H,10-11H2,1-3H3,(H,23,24). The zero-order valence-electron chi connectivity index (χ0n) is 15.3. The Morgan fingerprint density at radius 2 is 1.81 bits per heavy atom. The van der Waals surface area contributed by atoms with Gasteiger partial charge in [0.05, 0.1) is 10.7 Å². The van der Waals surface area contributed by atoms with Gasteiger partial charge in [-0.05, 0) is 48.2 Å². The molecule has 7 heteroatoms. The van der Waals surface area contributed by atoms with Gasteiger partial charge in [0, 0.05) is 5.02 Å². The highest BCUT2D eigenvalue weighted by Crippen LogP contribution is 2.27. The summed E-state index contributed by atoms with van der Waals surface area (Å²) < 4.78 is 10.5. The van der Waals surface area contributed by atoms with Crippen LogP contribution in [0.25, 0.3) is 0 Å². The first-order valence-electron chi connectivity index (χ1n) is 8.40. The fourth-order valence-corrected chi connectivity index (χ4v) is 2.80. The first kappa shape index (κ1) is 21.1. The predicted octanol–water partition coefficient (Wildman–Crippen LogP) is 4.99. The Morgan fingerprint density at radius 1 is 1.07 bits per heavy atom. The molecule has 0 fully saturated rings. The second-order valence-corrected chi connectivity index (χ2v) is 7.16. The third kappa shape index (κ3) is 6.45. The number of carbonyl (C=O) groups is 2. The van der Waals surface area contributed by atoms with Gasteiger partial charge in [-0.15, -0.1) is 0 Å². The summed E-state index contributed by atoms with van der Waals surface area (Å²) in [4.78, 5) is 23.8. The lowest BCUT2D eigenvalue weighted by molar-refractivity contribution is -0.149. The Hall–Kier alpha value is -2.24. The molecule has 0 atom stereocenters. The van der Waals surface area contributed by atoms with Gasteiger partial charge in [-0.25, -0.2) is 4.79 Å². The molecule has 0 saturated carbocycles. The lowest BCUT2D eigenvalue weighted by Crippen LogP contribution is -2.24. The van der Waals surface area contributed by atoms with Crippen molar-refractivity contribution in [1.29, 1.82) is 0 Å². The van der Waals surface area contributed by atoms with Gasteiger partial charge in [0.1, 0.15) is 5.75 Å². The van der Waals surface area contributed by atoms with Crippen LogP contribution in [0.2, 0.25) is 10.0 Å². The Labute approximate surface area is 168 Å². The number of esters is 1. The van der Waals surface area contributed by atoms with E-state index in [4.69, 9.17) is 32.7 Å². The minimum absolute atomic E-state index is 0.256. The molecule has 0 saturated heterocycles. The Balaban J connectivity index is 1.84. The van der Waals surface area contributed by atoms with E-state index in [1.165, 1.54) is 6.07 Å². The molecule has 0 aliphatic heterocycles. The van der Waals surface area contributed by atoms with Crippen molar-refractivity contribution in [2.45, 2.75) is 26.7 Å². The molecular formula is C20H21Cl2NO4. The molecule has 2 aromatic carbocycles. The zero-order valence-corrected chi connectivity index (χ0v) is 16.9. The van der Waals surface area contributed by atoms with Crippen LogP contribution in [0.4, 0.5) is 5.69 Å². The minimum atomic E-state index is -0.636. The summed E-state index contributed by atoms with van der Waals surface area (Å²) >= 11 is 11.8. The molecule has 144 valence electrons. The molecule has 0 aliphatic rings. The smallest absolute Gasteiger partial charge is 0.344 e. The monoisotopic (exact) mass is 409 g/mol. The summed E-state index contributed by atoms with van der Waals surface area (Å²) in [5.74, 6) is -0.250. The van der Waals surface area contributed by atoms with Crippen molar-refractivity contribution in [2.75, 3.05) is 18.5 Å². The quantitative estimate of drug-likeness (QED) is 0.654. The summed E-state index contributed by atoms with van der Waals surface area (Å²) in [6.45, 7) is 5.32. The Bertz CT molecular complexity index is 837. The summed E-state index contributed by atoms with van der Waals surface area (Å²) in [5, 5.41) is 3.30. The number of amides is 1. The van der Waals surface area contributed by atoms with Crippen LogP contribution >= 0.6 is 23.2 Å². The van der Waals surface area contributed by atoms with E-state index >= 15 is 0 Å². The topological polar surface area (TPSA) is 64.6 Å². The average Bonchev–Trinajstić information content (AvgIpc) is 2.60. The van der Waals surface area contributed by atoms with Gasteiger partial charge in [0.25, 0.3) is 5.91 Å². The first-order valence-corrected chi connectivity index (χ1v) is 9.15. The minimum Gasteiger partial charge on any atom is -0.482 e. The van der Waals surface area contributed by atoms with Crippen molar-refractivity contribution in [1.82, 2.24) is 0 Å². The normalized spacial score (nSPS) is 10.6. The Morgan fingerprint density at radius 3 is 2.48 bits per heavy atom. The van der Waals surface area contributed by atoms with Crippen LogP contribution in [0.5, 0.6) is 5.75 Å². The SMILES string of the molecule is Cc1ccc(C(C)C)c(OCC(=O)OCC(=O)Nc2ccc(Cl)cc2Cl)c1. The largest absolute Gasteiger partial charge is 0.482 e. The van der Waals surface area contributed by atoms with Crippen molar-refractivity contribution in [3.8, 4) is 5.75 Å². The number of benzene rings is 2. The lowest BCUT2D eigenvalue weighted by Gasteiger charge is -2.14. The van der Waals surface area contributed by atoms with E-state index in [2.05, 4.69) is 5.32 Å². The second-order valence-electron chi connectivity index (χ2n) is 6.32. The molecule has 0 spiro atoms. The van der Waals surface area contributed by atoms with Gasteiger partial charge in [0.15, 0.2) is 13.2 Å². The molecule has 2 aromatic rings. The van der Waals surface area contributed by atoms with Crippen molar-refractivity contribution in [3.05, 3.63) is 57.6 Å². The van der Waals surface area contributed by atoms with Crippen LogP contribution < -0.4 is 10.1 Å². The van der Waals surface area contributed by atoms with E-state index in [0.717, 1.165) is 11.1 Å². The van der Waals surface area contributed by atoms with Gasteiger partial charge >= 0.3 is 5.97 Å². The van der Waals surface area contributed by atoms with Gasteiger partial charge in [0.2, 0.25) is 0 Å². The highest BCUT2D eigenvalue weighted by molar-refractivity contribution is 6.36. The number of anilines is 1. The molecule has 0 unspecified atom stereocenters. The number of nitrogens with one attached hydrogen (secondary N) is 1. The number of rotatable bonds is 7. The number of ether oxygens (including phenoxy) is 2. The fraction of sp³-hybridized carbons (Fsp3) is 0.300. The molecule has 5 nitrogen and oxygen atoms in total. The van der Waals surface area contributed by atoms with E-state index < -0.39 is 18.5 Å². The van der Waals surface area contributed by atoms with Crippen LogP contribution in [0.3, 0.4) is 0 Å². The molecule has 0 radical (unpaired) electrons. The first-order chi connectivity index (χ1) is 12.8. The molecule has 1 N–H and O–H groups in total. The fourth-order valence-electron chi connectivity index (χ4n) is 2.35. The maximum Gasteiger partial charge on any atom is 0.344 e. The lowest BCUT2D eigenvalue weighted by atomic mass is 10.0. The molecule has 1 amide bonds. The van der Waals surface area contributed by atoms with E-state index in [9.17, 15) is 9.59 Å². The molecule has 0 bridgehead atoms. The van der Waals surface area contributed by atoms with Crippen LogP contribution in [-0.2, 0) is 14.3 Å². The third-order valence-electron chi connectivity index (χ3n) is 3.71. The van der Waals surface area contributed by atoms with Gasteiger partial charge in [-0.1, -0.05) is 49.2 Å².